The number of thiazole rings is 1. The third kappa shape index (κ3) is 4.17. The molecule has 1 aromatic rings. The summed E-state index contributed by atoms with van der Waals surface area (Å²) in [6.45, 7) is 5.18. The third-order valence-corrected chi connectivity index (χ3v) is 4.96. The minimum absolute atomic E-state index is 0.300. The van der Waals surface area contributed by atoms with Crippen molar-refractivity contribution in [1.29, 1.82) is 0 Å². The van der Waals surface area contributed by atoms with E-state index in [0.29, 0.717) is 25.0 Å². The number of nitrogens with zero attached hydrogens (tertiary/aromatic N) is 3. The van der Waals surface area contributed by atoms with E-state index in [-0.39, 0.29) is 0 Å². The number of hydrogen-bond acceptors (Lipinski definition) is 5. The molecule has 2 saturated heterocycles. The molecule has 2 aliphatic rings. The summed E-state index contributed by atoms with van der Waals surface area (Å²) in [4.78, 5) is 20.7. The molecule has 3 rings (SSSR count). The number of carbonyl (C=O) groups excluding carboxylic acids is 1. The van der Waals surface area contributed by atoms with Gasteiger partial charge in [-0.2, -0.15) is 0 Å². The van der Waals surface area contributed by atoms with E-state index in [2.05, 4.69) is 9.88 Å². The van der Waals surface area contributed by atoms with Crippen molar-refractivity contribution in [3.05, 3.63) is 11.6 Å². The molecule has 116 valence electrons. The van der Waals surface area contributed by atoms with E-state index < -0.39 is 0 Å². The molecule has 0 saturated carbocycles. The van der Waals surface area contributed by atoms with Gasteiger partial charge in [0.1, 0.15) is 0 Å². The second-order valence-electron chi connectivity index (χ2n) is 5.94. The minimum Gasteiger partial charge on any atom is -0.470 e. The number of amides is 1. The fraction of sp³-hybridized carbons (Fsp3) is 0.733. The van der Waals surface area contributed by atoms with E-state index in [0.717, 1.165) is 50.6 Å². The van der Waals surface area contributed by atoms with Gasteiger partial charge in [-0.05, 0) is 32.2 Å². The molecular formula is C15H23N3O2S. The standard InChI is InChI=1S/C15H23N3O2S/c19-14(18-7-1-2-8-18)11-17-6-3-4-13(10-17)12-20-15-16-5-9-21-15/h5,9,13H,1-4,6-8,10-12H2. The van der Waals surface area contributed by atoms with E-state index in [1.54, 1.807) is 6.20 Å². The van der Waals surface area contributed by atoms with Crippen molar-refractivity contribution in [3.63, 3.8) is 0 Å². The maximum Gasteiger partial charge on any atom is 0.273 e. The summed E-state index contributed by atoms with van der Waals surface area (Å²) in [5.41, 5.74) is 0. The number of rotatable bonds is 5. The van der Waals surface area contributed by atoms with Crippen LogP contribution < -0.4 is 4.74 Å². The fourth-order valence-corrected chi connectivity index (χ4v) is 3.66. The fourth-order valence-electron chi connectivity index (χ4n) is 3.16. The van der Waals surface area contributed by atoms with Crippen LogP contribution >= 0.6 is 11.3 Å². The highest BCUT2D eigenvalue weighted by Gasteiger charge is 2.25. The van der Waals surface area contributed by atoms with Crippen molar-refractivity contribution in [2.75, 3.05) is 39.3 Å². The van der Waals surface area contributed by atoms with E-state index in [1.165, 1.54) is 17.8 Å². The van der Waals surface area contributed by atoms with Gasteiger partial charge < -0.3 is 9.64 Å². The largest absolute Gasteiger partial charge is 0.470 e. The summed E-state index contributed by atoms with van der Waals surface area (Å²) in [6, 6.07) is 0. The Morgan fingerprint density at radius 2 is 2.19 bits per heavy atom. The predicted octanol–water partition coefficient (Wildman–Crippen LogP) is 1.86. The molecule has 0 N–H and O–H groups in total. The van der Waals surface area contributed by atoms with Crippen LogP contribution in [0.2, 0.25) is 0 Å². The summed E-state index contributed by atoms with van der Waals surface area (Å²) in [7, 11) is 0. The predicted molar refractivity (Wildman–Crippen MR) is 82.6 cm³/mol. The van der Waals surface area contributed by atoms with Crippen LogP contribution in [0.25, 0.3) is 0 Å². The van der Waals surface area contributed by atoms with Crippen LogP contribution in [-0.2, 0) is 4.79 Å². The normalized spacial score (nSPS) is 23.4. The van der Waals surface area contributed by atoms with E-state index >= 15 is 0 Å². The molecular weight excluding hydrogens is 286 g/mol. The molecule has 0 spiro atoms. The van der Waals surface area contributed by atoms with Gasteiger partial charge in [0.05, 0.1) is 13.2 Å². The van der Waals surface area contributed by atoms with Crippen molar-refractivity contribution < 1.29 is 9.53 Å². The van der Waals surface area contributed by atoms with Crippen LogP contribution in [-0.4, -0.2) is 60.0 Å². The minimum atomic E-state index is 0.300. The van der Waals surface area contributed by atoms with Crippen LogP contribution in [0.1, 0.15) is 25.7 Å². The lowest BCUT2D eigenvalue weighted by atomic mass is 9.99. The topological polar surface area (TPSA) is 45.7 Å². The number of ether oxygens (including phenoxy) is 1. The highest BCUT2D eigenvalue weighted by molar-refractivity contribution is 7.11. The Kier molecular flexibility index (Phi) is 5.08. The zero-order valence-electron chi connectivity index (χ0n) is 12.4. The van der Waals surface area contributed by atoms with Crippen LogP contribution in [0.3, 0.4) is 0 Å². The van der Waals surface area contributed by atoms with E-state index in [1.807, 2.05) is 10.3 Å². The first-order chi connectivity index (χ1) is 10.3. The van der Waals surface area contributed by atoms with Gasteiger partial charge >= 0.3 is 0 Å². The number of aromatic nitrogens is 1. The number of likely N-dealkylation sites (tertiary alicyclic amines) is 2. The van der Waals surface area contributed by atoms with Crippen molar-refractivity contribution >= 4 is 17.2 Å². The zero-order valence-corrected chi connectivity index (χ0v) is 13.2. The quantitative estimate of drug-likeness (QED) is 0.833. The first-order valence-corrected chi connectivity index (χ1v) is 8.71. The zero-order chi connectivity index (χ0) is 14.5. The molecule has 1 atom stereocenters. The van der Waals surface area contributed by atoms with Gasteiger partial charge in [0, 0.05) is 37.1 Å². The Bertz CT molecular complexity index is 446. The number of hydrogen-bond donors (Lipinski definition) is 0. The Labute approximate surface area is 129 Å². The second kappa shape index (κ2) is 7.22. The van der Waals surface area contributed by atoms with Crippen LogP contribution in [0.4, 0.5) is 0 Å². The SMILES string of the molecule is O=C(CN1CCCC(COc2nccs2)C1)N1CCCC1. The molecule has 0 aromatic carbocycles. The molecule has 1 aromatic heterocycles. The monoisotopic (exact) mass is 309 g/mol. The molecule has 0 radical (unpaired) electrons. The van der Waals surface area contributed by atoms with Gasteiger partial charge in [-0.25, -0.2) is 4.98 Å². The van der Waals surface area contributed by atoms with Gasteiger partial charge in [0.25, 0.3) is 5.19 Å². The van der Waals surface area contributed by atoms with Crippen molar-refractivity contribution in [3.8, 4) is 5.19 Å². The molecule has 0 bridgehead atoms. The molecule has 21 heavy (non-hydrogen) atoms. The second-order valence-corrected chi connectivity index (χ2v) is 6.80. The third-order valence-electron chi connectivity index (χ3n) is 4.27. The van der Waals surface area contributed by atoms with Crippen molar-refractivity contribution in [1.82, 2.24) is 14.8 Å². The van der Waals surface area contributed by atoms with Crippen LogP contribution in [0.5, 0.6) is 5.19 Å². The number of carbonyl (C=O) groups is 1. The highest BCUT2D eigenvalue weighted by atomic mass is 32.1. The average Bonchev–Trinajstić information content (AvgIpc) is 3.19. The molecule has 5 nitrogen and oxygen atoms in total. The molecule has 1 amide bonds. The molecule has 2 fully saturated rings. The Balaban J connectivity index is 1.43. The van der Waals surface area contributed by atoms with Crippen LogP contribution in [0.15, 0.2) is 11.6 Å². The summed E-state index contributed by atoms with van der Waals surface area (Å²) in [5, 5.41) is 2.68. The Hall–Kier alpha value is -1.14. The molecule has 6 heteroatoms. The van der Waals surface area contributed by atoms with Gasteiger partial charge in [-0.15, -0.1) is 0 Å². The van der Waals surface area contributed by atoms with E-state index in [4.69, 9.17) is 4.74 Å². The lowest BCUT2D eigenvalue weighted by molar-refractivity contribution is -0.131. The molecule has 2 aliphatic heterocycles. The molecule has 0 aliphatic carbocycles. The number of piperidine rings is 1. The Morgan fingerprint density at radius 1 is 1.33 bits per heavy atom. The van der Waals surface area contributed by atoms with Crippen molar-refractivity contribution in [2.45, 2.75) is 25.7 Å². The Morgan fingerprint density at radius 3 is 2.95 bits per heavy atom. The van der Waals surface area contributed by atoms with Gasteiger partial charge in [0.2, 0.25) is 5.91 Å². The smallest absolute Gasteiger partial charge is 0.273 e. The summed E-state index contributed by atoms with van der Waals surface area (Å²) in [5.74, 6) is 0.808. The van der Waals surface area contributed by atoms with Gasteiger partial charge in [0.15, 0.2) is 0 Å². The first kappa shape index (κ1) is 14.8. The molecule has 1 unspecified atom stereocenters. The maximum absolute atomic E-state index is 12.2. The molecule has 3 heterocycles. The lowest BCUT2D eigenvalue weighted by Gasteiger charge is -2.32. The summed E-state index contributed by atoms with van der Waals surface area (Å²) in [6.07, 6.45) is 6.42. The summed E-state index contributed by atoms with van der Waals surface area (Å²) >= 11 is 1.53. The first-order valence-electron chi connectivity index (χ1n) is 7.83. The van der Waals surface area contributed by atoms with Crippen LogP contribution in [0, 0.1) is 5.92 Å². The summed E-state index contributed by atoms with van der Waals surface area (Å²) < 4.78 is 5.72. The maximum atomic E-state index is 12.2. The van der Waals surface area contributed by atoms with E-state index in [9.17, 15) is 4.79 Å². The average molecular weight is 309 g/mol. The van der Waals surface area contributed by atoms with Crippen molar-refractivity contribution in [2.24, 2.45) is 5.92 Å². The lowest BCUT2D eigenvalue weighted by Crippen LogP contribution is -2.44. The van der Waals surface area contributed by atoms with Gasteiger partial charge in [-0.3, -0.25) is 9.69 Å². The van der Waals surface area contributed by atoms with Gasteiger partial charge in [-0.1, -0.05) is 11.3 Å². The highest BCUT2D eigenvalue weighted by Crippen LogP contribution is 2.20.